The van der Waals surface area contributed by atoms with Gasteiger partial charge in [-0.1, -0.05) is 69.1 Å². The van der Waals surface area contributed by atoms with E-state index in [9.17, 15) is 4.79 Å². The van der Waals surface area contributed by atoms with Crippen molar-refractivity contribution in [2.75, 3.05) is 11.9 Å². The summed E-state index contributed by atoms with van der Waals surface area (Å²) in [4.78, 5) is 13.7. The minimum Gasteiger partial charge on any atom is -0.325 e. The van der Waals surface area contributed by atoms with Gasteiger partial charge in [0.25, 0.3) is 0 Å². The molecule has 1 amide bonds. The zero-order chi connectivity index (χ0) is 21.0. The van der Waals surface area contributed by atoms with E-state index in [-0.39, 0.29) is 23.3 Å². The number of nitrogens with one attached hydrogen (secondary N) is 2. The van der Waals surface area contributed by atoms with Crippen LogP contribution in [0.2, 0.25) is 10.0 Å². The Morgan fingerprint density at radius 2 is 1.93 bits per heavy atom. The summed E-state index contributed by atoms with van der Waals surface area (Å²) in [5.74, 6) is 0.0620. The van der Waals surface area contributed by atoms with Crippen molar-refractivity contribution in [3.8, 4) is 0 Å². The van der Waals surface area contributed by atoms with Gasteiger partial charge >= 0.3 is 0 Å². The van der Waals surface area contributed by atoms with E-state index in [4.69, 9.17) is 23.2 Å². The van der Waals surface area contributed by atoms with Gasteiger partial charge in [0.05, 0.1) is 5.41 Å². The Morgan fingerprint density at radius 3 is 2.62 bits per heavy atom. The molecule has 1 saturated heterocycles. The molecular formula is C24H28Cl2N2O. The minimum atomic E-state index is -0.679. The summed E-state index contributed by atoms with van der Waals surface area (Å²) in [6.07, 6.45) is 1.72. The molecule has 2 aliphatic heterocycles. The van der Waals surface area contributed by atoms with Crippen molar-refractivity contribution in [2.24, 2.45) is 5.41 Å². The van der Waals surface area contributed by atoms with Crippen LogP contribution in [0.3, 0.4) is 0 Å². The molecule has 2 aromatic carbocycles. The molecule has 1 spiro atoms. The van der Waals surface area contributed by atoms with Gasteiger partial charge in [0.15, 0.2) is 0 Å². The van der Waals surface area contributed by atoms with E-state index >= 15 is 0 Å². The average Bonchev–Trinajstić information content (AvgIpc) is 3.13. The molecule has 5 heteroatoms. The highest BCUT2D eigenvalue weighted by atomic mass is 35.5. The Hall–Kier alpha value is -1.55. The van der Waals surface area contributed by atoms with E-state index in [0.29, 0.717) is 5.02 Å². The summed E-state index contributed by atoms with van der Waals surface area (Å²) in [6, 6.07) is 11.9. The first-order valence-electron chi connectivity index (χ1n) is 10.3. The molecule has 0 radical (unpaired) electrons. The largest absolute Gasteiger partial charge is 0.325 e. The van der Waals surface area contributed by atoms with Crippen LogP contribution >= 0.6 is 23.2 Å². The number of hydrogen-bond acceptors (Lipinski definition) is 2. The highest BCUT2D eigenvalue weighted by Crippen LogP contribution is 2.55. The number of carbonyl (C=O) groups excluding carboxylic acids is 1. The molecule has 0 aliphatic carbocycles. The van der Waals surface area contributed by atoms with Crippen LogP contribution in [0.25, 0.3) is 0 Å². The summed E-state index contributed by atoms with van der Waals surface area (Å²) in [6.45, 7) is 9.53. The van der Waals surface area contributed by atoms with E-state index in [1.807, 2.05) is 30.3 Å². The average molecular weight is 431 g/mol. The number of carbonyl (C=O) groups is 1. The number of fused-ring (bicyclic) bond motifs is 2. The summed E-state index contributed by atoms with van der Waals surface area (Å²) in [7, 11) is 0. The van der Waals surface area contributed by atoms with E-state index in [1.54, 1.807) is 0 Å². The van der Waals surface area contributed by atoms with Crippen molar-refractivity contribution in [1.29, 1.82) is 0 Å². The van der Waals surface area contributed by atoms with Gasteiger partial charge < -0.3 is 10.6 Å². The van der Waals surface area contributed by atoms with Crippen LogP contribution in [0.5, 0.6) is 0 Å². The molecule has 3 atom stereocenters. The maximum Gasteiger partial charge on any atom is 0.237 e. The van der Waals surface area contributed by atoms with Crippen molar-refractivity contribution in [3.05, 3.63) is 63.1 Å². The zero-order valence-corrected chi connectivity index (χ0v) is 18.9. The molecule has 2 aliphatic rings. The first-order valence-corrected chi connectivity index (χ1v) is 11.1. The molecule has 1 fully saturated rings. The monoisotopic (exact) mass is 430 g/mol. The summed E-state index contributed by atoms with van der Waals surface area (Å²) >= 11 is 12.8. The number of anilines is 1. The predicted octanol–water partition coefficient (Wildman–Crippen LogP) is 5.94. The van der Waals surface area contributed by atoms with Gasteiger partial charge in [0, 0.05) is 34.2 Å². The lowest BCUT2D eigenvalue weighted by molar-refractivity contribution is -0.121. The molecule has 29 heavy (non-hydrogen) atoms. The van der Waals surface area contributed by atoms with Crippen molar-refractivity contribution in [2.45, 2.75) is 57.9 Å². The van der Waals surface area contributed by atoms with Gasteiger partial charge in [0.2, 0.25) is 5.91 Å². The van der Waals surface area contributed by atoms with Crippen LogP contribution in [-0.2, 0) is 16.6 Å². The quantitative estimate of drug-likeness (QED) is 0.632. The third kappa shape index (κ3) is 3.28. The molecule has 2 heterocycles. The summed E-state index contributed by atoms with van der Waals surface area (Å²) in [5, 5.41) is 8.26. The van der Waals surface area contributed by atoms with Gasteiger partial charge in [-0.15, -0.1) is 0 Å². The maximum atomic E-state index is 13.7. The molecule has 0 aromatic heterocycles. The van der Waals surface area contributed by atoms with E-state index in [0.717, 1.165) is 41.2 Å². The SMILES string of the molecule is CCc1c(Cl)cccc1[C@H]1CN[C@H](CC(C)(C)C)[C@]12C(=O)Nc1cc(Cl)ccc12. The second-order valence-corrected chi connectivity index (χ2v) is 10.3. The first kappa shape index (κ1) is 20.7. The van der Waals surface area contributed by atoms with Crippen molar-refractivity contribution >= 4 is 34.8 Å². The van der Waals surface area contributed by atoms with Gasteiger partial charge in [0.1, 0.15) is 0 Å². The summed E-state index contributed by atoms with van der Waals surface area (Å²) in [5.41, 5.74) is 3.57. The Kier molecular flexibility index (Phi) is 5.21. The summed E-state index contributed by atoms with van der Waals surface area (Å²) < 4.78 is 0. The predicted molar refractivity (Wildman–Crippen MR) is 121 cm³/mol. The lowest BCUT2D eigenvalue weighted by Gasteiger charge is -2.38. The molecule has 0 saturated carbocycles. The van der Waals surface area contributed by atoms with Crippen LogP contribution in [-0.4, -0.2) is 18.5 Å². The number of hydrogen-bond donors (Lipinski definition) is 2. The molecule has 0 unspecified atom stereocenters. The van der Waals surface area contributed by atoms with Crippen molar-refractivity contribution < 1.29 is 4.79 Å². The normalized spacial score (nSPS) is 26.1. The molecule has 2 aromatic rings. The smallest absolute Gasteiger partial charge is 0.237 e. The fraction of sp³-hybridized carbons (Fsp3) is 0.458. The van der Waals surface area contributed by atoms with Gasteiger partial charge in [-0.25, -0.2) is 0 Å². The third-order valence-electron chi connectivity index (χ3n) is 6.42. The maximum absolute atomic E-state index is 13.7. The lowest BCUT2D eigenvalue weighted by atomic mass is 9.63. The second-order valence-electron chi connectivity index (χ2n) is 9.45. The Balaban J connectivity index is 1.95. The van der Waals surface area contributed by atoms with Crippen LogP contribution in [0.15, 0.2) is 36.4 Å². The third-order valence-corrected chi connectivity index (χ3v) is 7.01. The molecule has 4 rings (SSSR count). The lowest BCUT2D eigenvalue weighted by Crippen LogP contribution is -2.49. The number of halogens is 2. The number of amides is 1. The first-order chi connectivity index (χ1) is 13.7. The second kappa shape index (κ2) is 7.30. The minimum absolute atomic E-state index is 0.00549. The number of benzene rings is 2. The van der Waals surface area contributed by atoms with Crippen LogP contribution in [0.1, 0.15) is 56.7 Å². The van der Waals surface area contributed by atoms with E-state index < -0.39 is 5.41 Å². The highest BCUT2D eigenvalue weighted by Gasteiger charge is 2.61. The Bertz CT molecular complexity index is 966. The molecule has 154 valence electrons. The van der Waals surface area contributed by atoms with Crippen LogP contribution < -0.4 is 10.6 Å². The molecular weight excluding hydrogens is 403 g/mol. The fourth-order valence-corrected chi connectivity index (χ4v) is 5.81. The van der Waals surface area contributed by atoms with Crippen molar-refractivity contribution in [1.82, 2.24) is 5.32 Å². The molecule has 2 N–H and O–H groups in total. The van der Waals surface area contributed by atoms with Gasteiger partial charge in [-0.05, 0) is 53.1 Å². The zero-order valence-electron chi connectivity index (χ0n) is 17.4. The highest BCUT2D eigenvalue weighted by molar-refractivity contribution is 6.31. The van der Waals surface area contributed by atoms with E-state index in [1.165, 1.54) is 5.56 Å². The van der Waals surface area contributed by atoms with Gasteiger partial charge in [-0.3, -0.25) is 4.79 Å². The fourth-order valence-electron chi connectivity index (χ4n) is 5.32. The van der Waals surface area contributed by atoms with Crippen molar-refractivity contribution in [3.63, 3.8) is 0 Å². The van der Waals surface area contributed by atoms with Crippen LogP contribution in [0.4, 0.5) is 5.69 Å². The standard InChI is InChI=1S/C24H28Cl2N2O/c1-5-15-16(7-6-8-19(15)26)18-13-27-21(12-23(2,3)4)24(18)17-10-9-14(25)11-20(17)28-22(24)29/h6-11,18,21,27H,5,12-13H2,1-4H3,(H,28,29)/t18-,21-,24-/m1/s1. The Morgan fingerprint density at radius 1 is 1.17 bits per heavy atom. The van der Waals surface area contributed by atoms with Crippen LogP contribution in [0, 0.1) is 5.41 Å². The molecule has 0 bridgehead atoms. The topological polar surface area (TPSA) is 41.1 Å². The van der Waals surface area contributed by atoms with Gasteiger partial charge in [-0.2, -0.15) is 0 Å². The molecule has 3 nitrogen and oxygen atoms in total. The Labute approximate surface area is 183 Å². The van der Waals surface area contributed by atoms with E-state index in [2.05, 4.69) is 44.4 Å². The number of rotatable bonds is 3.